The SMILES string of the molecule is Cc1cc(C)cc(C(=O)N2CCN(C(=O)CCC3CCCC3)CC2)c1. The molecule has 0 N–H and O–H groups in total. The summed E-state index contributed by atoms with van der Waals surface area (Å²) in [6.07, 6.45) is 6.98. The molecule has 0 aromatic heterocycles. The van der Waals surface area contributed by atoms with Gasteiger partial charge < -0.3 is 9.80 Å². The first-order valence-corrected chi connectivity index (χ1v) is 9.68. The van der Waals surface area contributed by atoms with Crippen molar-refractivity contribution in [2.45, 2.75) is 52.4 Å². The van der Waals surface area contributed by atoms with Gasteiger partial charge in [0.25, 0.3) is 5.91 Å². The van der Waals surface area contributed by atoms with Crippen LogP contribution >= 0.6 is 0 Å². The van der Waals surface area contributed by atoms with Crippen LogP contribution in [0.15, 0.2) is 18.2 Å². The summed E-state index contributed by atoms with van der Waals surface area (Å²) >= 11 is 0. The van der Waals surface area contributed by atoms with E-state index in [4.69, 9.17) is 0 Å². The zero-order valence-electron chi connectivity index (χ0n) is 15.6. The molecule has 1 heterocycles. The van der Waals surface area contributed by atoms with E-state index >= 15 is 0 Å². The normalized spacial score (nSPS) is 18.6. The summed E-state index contributed by atoms with van der Waals surface area (Å²) in [5, 5.41) is 0. The first-order chi connectivity index (χ1) is 12.0. The second kappa shape index (κ2) is 8.03. The number of aryl methyl sites for hydroxylation is 2. The predicted molar refractivity (Wildman–Crippen MR) is 99.6 cm³/mol. The van der Waals surface area contributed by atoms with E-state index in [0.29, 0.717) is 32.6 Å². The topological polar surface area (TPSA) is 40.6 Å². The maximum absolute atomic E-state index is 12.7. The van der Waals surface area contributed by atoms with Crippen molar-refractivity contribution in [3.63, 3.8) is 0 Å². The Balaban J connectivity index is 1.49. The van der Waals surface area contributed by atoms with Gasteiger partial charge in [-0.15, -0.1) is 0 Å². The van der Waals surface area contributed by atoms with Crippen LogP contribution in [0.5, 0.6) is 0 Å². The molecule has 1 aliphatic carbocycles. The molecule has 0 radical (unpaired) electrons. The number of carbonyl (C=O) groups is 2. The molecule has 2 amide bonds. The average molecular weight is 342 g/mol. The molecule has 1 aliphatic heterocycles. The number of amides is 2. The monoisotopic (exact) mass is 342 g/mol. The third kappa shape index (κ3) is 4.62. The molecule has 0 atom stereocenters. The Labute approximate surface area is 151 Å². The van der Waals surface area contributed by atoms with Crippen molar-refractivity contribution in [3.05, 3.63) is 34.9 Å². The van der Waals surface area contributed by atoms with Gasteiger partial charge in [0.15, 0.2) is 0 Å². The van der Waals surface area contributed by atoms with Gasteiger partial charge in [-0.2, -0.15) is 0 Å². The second-order valence-electron chi connectivity index (χ2n) is 7.74. The van der Waals surface area contributed by atoms with Gasteiger partial charge in [0.2, 0.25) is 5.91 Å². The van der Waals surface area contributed by atoms with Crippen LogP contribution in [0.4, 0.5) is 0 Å². The number of rotatable bonds is 4. The lowest BCUT2D eigenvalue weighted by molar-refractivity contribution is -0.133. The van der Waals surface area contributed by atoms with Crippen LogP contribution in [0.25, 0.3) is 0 Å². The van der Waals surface area contributed by atoms with E-state index in [-0.39, 0.29) is 11.8 Å². The van der Waals surface area contributed by atoms with E-state index in [9.17, 15) is 9.59 Å². The fourth-order valence-corrected chi connectivity index (χ4v) is 4.22. The number of carbonyl (C=O) groups excluding carboxylic acids is 2. The van der Waals surface area contributed by atoms with Crippen LogP contribution in [0, 0.1) is 19.8 Å². The Bertz CT molecular complexity index is 607. The van der Waals surface area contributed by atoms with Crippen LogP contribution < -0.4 is 0 Å². The molecule has 25 heavy (non-hydrogen) atoms. The molecule has 1 aromatic rings. The number of hydrogen-bond donors (Lipinski definition) is 0. The Kier molecular flexibility index (Phi) is 5.77. The van der Waals surface area contributed by atoms with Crippen LogP contribution in [0.2, 0.25) is 0 Å². The molecule has 4 nitrogen and oxygen atoms in total. The third-order valence-electron chi connectivity index (χ3n) is 5.63. The molecule has 2 fully saturated rings. The number of benzene rings is 1. The first-order valence-electron chi connectivity index (χ1n) is 9.68. The maximum Gasteiger partial charge on any atom is 0.253 e. The van der Waals surface area contributed by atoms with Crippen molar-refractivity contribution >= 4 is 11.8 Å². The van der Waals surface area contributed by atoms with Crippen molar-refractivity contribution in [2.24, 2.45) is 5.92 Å². The summed E-state index contributed by atoms with van der Waals surface area (Å²) in [5.74, 6) is 1.12. The molecule has 0 spiro atoms. The number of hydrogen-bond acceptors (Lipinski definition) is 2. The van der Waals surface area contributed by atoms with Gasteiger partial charge in [-0.25, -0.2) is 0 Å². The quantitative estimate of drug-likeness (QED) is 0.839. The van der Waals surface area contributed by atoms with E-state index in [1.165, 1.54) is 25.7 Å². The Hall–Kier alpha value is -1.84. The van der Waals surface area contributed by atoms with Gasteiger partial charge in [0, 0.05) is 38.2 Å². The largest absolute Gasteiger partial charge is 0.339 e. The van der Waals surface area contributed by atoms with Gasteiger partial charge in [-0.1, -0.05) is 42.9 Å². The standard InChI is InChI=1S/C21H30N2O2/c1-16-13-17(2)15-19(14-16)21(25)23-11-9-22(10-12-23)20(24)8-7-18-5-3-4-6-18/h13-15,18H,3-12H2,1-2H3. The lowest BCUT2D eigenvalue weighted by atomic mass is 10.0. The molecule has 2 aliphatic rings. The summed E-state index contributed by atoms with van der Waals surface area (Å²) in [4.78, 5) is 28.9. The van der Waals surface area contributed by atoms with Crippen molar-refractivity contribution in [2.75, 3.05) is 26.2 Å². The van der Waals surface area contributed by atoms with E-state index in [2.05, 4.69) is 6.07 Å². The van der Waals surface area contributed by atoms with E-state index in [0.717, 1.165) is 29.0 Å². The Morgan fingerprint density at radius 3 is 2.08 bits per heavy atom. The Morgan fingerprint density at radius 2 is 1.48 bits per heavy atom. The molecular weight excluding hydrogens is 312 g/mol. The molecule has 1 saturated heterocycles. The zero-order valence-corrected chi connectivity index (χ0v) is 15.6. The van der Waals surface area contributed by atoms with Crippen LogP contribution in [0.1, 0.15) is 60.0 Å². The maximum atomic E-state index is 12.7. The fourth-order valence-electron chi connectivity index (χ4n) is 4.22. The van der Waals surface area contributed by atoms with Crippen molar-refractivity contribution in [3.8, 4) is 0 Å². The van der Waals surface area contributed by atoms with Crippen molar-refractivity contribution < 1.29 is 9.59 Å². The summed E-state index contributed by atoms with van der Waals surface area (Å²) in [7, 11) is 0. The summed E-state index contributed by atoms with van der Waals surface area (Å²) in [6, 6.07) is 5.99. The van der Waals surface area contributed by atoms with Gasteiger partial charge in [0.05, 0.1) is 0 Å². The summed E-state index contributed by atoms with van der Waals surface area (Å²) < 4.78 is 0. The fraction of sp³-hybridized carbons (Fsp3) is 0.619. The van der Waals surface area contributed by atoms with Crippen molar-refractivity contribution in [1.82, 2.24) is 9.80 Å². The highest BCUT2D eigenvalue weighted by atomic mass is 16.2. The smallest absolute Gasteiger partial charge is 0.253 e. The lowest BCUT2D eigenvalue weighted by Crippen LogP contribution is -2.50. The van der Waals surface area contributed by atoms with Gasteiger partial charge in [0.1, 0.15) is 0 Å². The number of nitrogens with zero attached hydrogens (tertiary/aromatic N) is 2. The molecule has 0 unspecified atom stereocenters. The van der Waals surface area contributed by atoms with Crippen molar-refractivity contribution in [1.29, 1.82) is 0 Å². The highest BCUT2D eigenvalue weighted by Crippen LogP contribution is 2.28. The minimum Gasteiger partial charge on any atom is -0.339 e. The van der Waals surface area contributed by atoms with Gasteiger partial charge >= 0.3 is 0 Å². The van der Waals surface area contributed by atoms with E-state index in [1.54, 1.807) is 0 Å². The first kappa shape index (κ1) is 18.0. The predicted octanol–water partition coefficient (Wildman–Crippen LogP) is 3.56. The van der Waals surface area contributed by atoms with Crippen LogP contribution in [0.3, 0.4) is 0 Å². The summed E-state index contributed by atoms with van der Waals surface area (Å²) in [6.45, 7) is 6.65. The lowest BCUT2D eigenvalue weighted by Gasteiger charge is -2.35. The van der Waals surface area contributed by atoms with E-state index in [1.807, 2.05) is 35.8 Å². The second-order valence-corrected chi connectivity index (χ2v) is 7.74. The average Bonchev–Trinajstić information content (AvgIpc) is 3.12. The van der Waals surface area contributed by atoms with Crippen LogP contribution in [-0.4, -0.2) is 47.8 Å². The molecule has 0 bridgehead atoms. The molecule has 136 valence electrons. The Morgan fingerprint density at radius 1 is 0.920 bits per heavy atom. The van der Waals surface area contributed by atoms with Gasteiger partial charge in [-0.3, -0.25) is 9.59 Å². The van der Waals surface area contributed by atoms with Crippen LogP contribution in [-0.2, 0) is 4.79 Å². The number of piperazine rings is 1. The molecule has 3 rings (SSSR count). The molecule has 4 heteroatoms. The van der Waals surface area contributed by atoms with E-state index < -0.39 is 0 Å². The summed E-state index contributed by atoms with van der Waals surface area (Å²) in [5.41, 5.74) is 2.99. The molecular formula is C21H30N2O2. The highest BCUT2D eigenvalue weighted by Gasteiger charge is 2.25. The minimum atomic E-state index is 0.0878. The van der Waals surface area contributed by atoms with Gasteiger partial charge in [-0.05, 0) is 38.3 Å². The molecule has 1 saturated carbocycles. The third-order valence-corrected chi connectivity index (χ3v) is 5.63. The zero-order chi connectivity index (χ0) is 17.8. The minimum absolute atomic E-state index is 0.0878. The highest BCUT2D eigenvalue weighted by molar-refractivity contribution is 5.94. The molecule has 1 aromatic carbocycles.